The predicted molar refractivity (Wildman–Crippen MR) is 87.8 cm³/mol. The molecule has 1 fully saturated rings. The maximum Gasteiger partial charge on any atom is 0.416 e. The van der Waals surface area contributed by atoms with E-state index in [0.717, 1.165) is 12.1 Å². The van der Waals surface area contributed by atoms with Crippen molar-refractivity contribution in [2.24, 2.45) is 5.92 Å². The maximum atomic E-state index is 12.7. The summed E-state index contributed by atoms with van der Waals surface area (Å²) in [6, 6.07) is 9.77. The fraction of sp³-hybridized carbons (Fsp3) is 0.278. The lowest BCUT2D eigenvalue weighted by atomic mass is 10.1. The minimum Gasteiger partial charge on any atom is -0.336 e. The molecular formula is C18H16F3N3O2. The second kappa shape index (κ2) is 7.15. The largest absolute Gasteiger partial charge is 0.416 e. The molecule has 0 unspecified atom stereocenters. The molecule has 0 radical (unpaired) electrons. The summed E-state index contributed by atoms with van der Waals surface area (Å²) in [5.74, 6) is -1.26. The summed E-state index contributed by atoms with van der Waals surface area (Å²) >= 11 is 0. The lowest BCUT2D eigenvalue weighted by molar-refractivity contribution is -0.137. The molecule has 0 spiro atoms. The minimum absolute atomic E-state index is 0.0254. The molecule has 5 nitrogen and oxygen atoms in total. The van der Waals surface area contributed by atoms with E-state index in [0.29, 0.717) is 12.2 Å². The van der Waals surface area contributed by atoms with Gasteiger partial charge in [-0.25, -0.2) is 0 Å². The van der Waals surface area contributed by atoms with E-state index in [-0.39, 0.29) is 24.6 Å². The van der Waals surface area contributed by atoms with Crippen molar-refractivity contribution < 1.29 is 22.8 Å². The van der Waals surface area contributed by atoms with E-state index in [4.69, 9.17) is 0 Å². The number of nitrogens with one attached hydrogen (secondary N) is 1. The van der Waals surface area contributed by atoms with Crippen LogP contribution in [-0.4, -0.2) is 28.2 Å². The van der Waals surface area contributed by atoms with Crippen LogP contribution in [0.1, 0.15) is 17.7 Å². The Balaban J connectivity index is 1.63. The number of pyridine rings is 1. The number of amides is 2. The quantitative estimate of drug-likeness (QED) is 0.908. The van der Waals surface area contributed by atoms with Gasteiger partial charge in [-0.2, -0.15) is 13.2 Å². The van der Waals surface area contributed by atoms with E-state index in [1.807, 2.05) is 0 Å². The molecule has 2 aromatic rings. The highest BCUT2D eigenvalue weighted by Crippen LogP contribution is 2.31. The van der Waals surface area contributed by atoms with Crippen molar-refractivity contribution in [3.05, 3.63) is 59.9 Å². The van der Waals surface area contributed by atoms with Crippen molar-refractivity contribution in [1.82, 2.24) is 9.88 Å². The van der Waals surface area contributed by atoms with Gasteiger partial charge in [-0.15, -0.1) is 0 Å². The van der Waals surface area contributed by atoms with E-state index in [1.165, 1.54) is 17.0 Å². The topological polar surface area (TPSA) is 62.3 Å². The van der Waals surface area contributed by atoms with Crippen LogP contribution in [0, 0.1) is 5.92 Å². The van der Waals surface area contributed by atoms with Gasteiger partial charge in [0.2, 0.25) is 11.8 Å². The number of hydrogen-bond donors (Lipinski definition) is 1. The third kappa shape index (κ3) is 4.19. The fourth-order valence-corrected chi connectivity index (χ4v) is 2.81. The summed E-state index contributed by atoms with van der Waals surface area (Å²) in [5, 5.41) is 2.47. The number of rotatable bonds is 4. The Morgan fingerprint density at radius 1 is 1.23 bits per heavy atom. The molecule has 1 saturated heterocycles. The highest BCUT2D eigenvalue weighted by molar-refractivity contribution is 5.97. The number of hydrogen-bond acceptors (Lipinski definition) is 3. The number of carbonyl (C=O) groups excluding carboxylic acids is 2. The van der Waals surface area contributed by atoms with Crippen molar-refractivity contribution in [2.45, 2.75) is 19.1 Å². The van der Waals surface area contributed by atoms with E-state index in [1.54, 1.807) is 24.4 Å². The molecule has 2 heterocycles. The van der Waals surface area contributed by atoms with Gasteiger partial charge in [-0.1, -0.05) is 12.1 Å². The first-order valence-electron chi connectivity index (χ1n) is 7.99. The Kier molecular flexibility index (Phi) is 4.92. The third-order valence-electron chi connectivity index (χ3n) is 4.12. The Morgan fingerprint density at radius 2 is 2.04 bits per heavy atom. The third-order valence-corrected chi connectivity index (χ3v) is 4.12. The van der Waals surface area contributed by atoms with Gasteiger partial charge in [0.1, 0.15) is 0 Å². The van der Waals surface area contributed by atoms with Crippen LogP contribution in [0.25, 0.3) is 0 Å². The van der Waals surface area contributed by atoms with Gasteiger partial charge in [0.25, 0.3) is 0 Å². The average molecular weight is 363 g/mol. The van der Waals surface area contributed by atoms with Crippen molar-refractivity contribution in [1.29, 1.82) is 0 Å². The van der Waals surface area contributed by atoms with Crippen molar-refractivity contribution in [3.8, 4) is 0 Å². The number of alkyl halides is 3. The first-order chi connectivity index (χ1) is 12.3. The first kappa shape index (κ1) is 17.9. The molecule has 0 aliphatic carbocycles. The molecule has 1 aliphatic rings. The van der Waals surface area contributed by atoms with Gasteiger partial charge >= 0.3 is 6.18 Å². The summed E-state index contributed by atoms with van der Waals surface area (Å²) in [6.45, 7) is 0.507. The number of benzene rings is 1. The highest BCUT2D eigenvalue weighted by Gasteiger charge is 2.35. The lowest BCUT2D eigenvalue weighted by Gasteiger charge is -2.16. The Hall–Kier alpha value is -2.90. The van der Waals surface area contributed by atoms with Gasteiger partial charge in [0.05, 0.1) is 23.7 Å². The first-order valence-corrected chi connectivity index (χ1v) is 7.99. The highest BCUT2D eigenvalue weighted by atomic mass is 19.4. The molecule has 1 aromatic heterocycles. The summed E-state index contributed by atoms with van der Waals surface area (Å²) in [7, 11) is 0. The molecule has 1 aromatic carbocycles. The van der Waals surface area contributed by atoms with Crippen molar-refractivity contribution in [3.63, 3.8) is 0 Å². The van der Waals surface area contributed by atoms with Crippen molar-refractivity contribution in [2.75, 3.05) is 11.9 Å². The molecule has 2 amide bonds. The predicted octanol–water partition coefficient (Wildman–Crippen LogP) is 3.09. The number of halogens is 3. The molecule has 3 rings (SSSR count). The Morgan fingerprint density at radius 3 is 2.73 bits per heavy atom. The molecule has 1 atom stereocenters. The van der Waals surface area contributed by atoms with Crippen LogP contribution < -0.4 is 5.32 Å². The standard InChI is InChI=1S/C18H16F3N3O2/c19-18(20,21)13-4-3-6-14(9-13)23-17(26)12-8-16(25)24(10-12)11-15-5-1-2-7-22-15/h1-7,9,12H,8,10-11H2,(H,23,26)/t12-/m1/s1. The summed E-state index contributed by atoms with van der Waals surface area (Å²) in [6.07, 6.45) is -2.84. The SMILES string of the molecule is O=C(Nc1cccc(C(F)(F)F)c1)[C@@H]1CC(=O)N(Cc2ccccn2)C1. The minimum atomic E-state index is -4.48. The molecular weight excluding hydrogens is 347 g/mol. The van der Waals surface area contributed by atoms with E-state index in [2.05, 4.69) is 10.3 Å². The monoisotopic (exact) mass is 363 g/mol. The van der Waals surface area contributed by atoms with Gasteiger partial charge in [-0.05, 0) is 30.3 Å². The maximum absolute atomic E-state index is 12.7. The Labute approximate surface area is 147 Å². The summed E-state index contributed by atoms with van der Waals surface area (Å²) < 4.78 is 38.2. The number of carbonyl (C=O) groups is 2. The molecule has 8 heteroatoms. The van der Waals surface area contributed by atoms with Crippen LogP contribution >= 0.6 is 0 Å². The number of aromatic nitrogens is 1. The second-order valence-corrected chi connectivity index (χ2v) is 6.06. The number of anilines is 1. The van der Waals surface area contributed by atoms with Crippen LogP contribution in [-0.2, 0) is 22.3 Å². The van der Waals surface area contributed by atoms with Gasteiger partial charge < -0.3 is 10.2 Å². The smallest absolute Gasteiger partial charge is 0.336 e. The van der Waals surface area contributed by atoms with Crippen LogP contribution in [0.2, 0.25) is 0 Å². The lowest BCUT2D eigenvalue weighted by Crippen LogP contribution is -2.28. The van der Waals surface area contributed by atoms with E-state index in [9.17, 15) is 22.8 Å². The fourth-order valence-electron chi connectivity index (χ4n) is 2.81. The van der Waals surface area contributed by atoms with Gasteiger partial charge in [0, 0.05) is 24.8 Å². The summed E-state index contributed by atoms with van der Waals surface area (Å²) in [5.41, 5.74) is -0.0742. The van der Waals surface area contributed by atoms with Crippen LogP contribution in [0.15, 0.2) is 48.7 Å². The van der Waals surface area contributed by atoms with Crippen LogP contribution in [0.4, 0.5) is 18.9 Å². The number of nitrogens with zero attached hydrogens (tertiary/aromatic N) is 2. The van der Waals surface area contributed by atoms with Gasteiger partial charge in [0.15, 0.2) is 0 Å². The van der Waals surface area contributed by atoms with Crippen molar-refractivity contribution >= 4 is 17.5 Å². The zero-order valence-electron chi connectivity index (χ0n) is 13.7. The molecule has 1 aliphatic heterocycles. The molecule has 1 N–H and O–H groups in total. The molecule has 26 heavy (non-hydrogen) atoms. The zero-order valence-corrected chi connectivity index (χ0v) is 13.7. The second-order valence-electron chi connectivity index (χ2n) is 6.06. The Bertz CT molecular complexity index is 809. The van der Waals surface area contributed by atoms with E-state index >= 15 is 0 Å². The van der Waals surface area contributed by atoms with E-state index < -0.39 is 23.6 Å². The van der Waals surface area contributed by atoms with Gasteiger partial charge in [-0.3, -0.25) is 14.6 Å². The van der Waals surface area contributed by atoms with Crippen LogP contribution in [0.5, 0.6) is 0 Å². The summed E-state index contributed by atoms with van der Waals surface area (Å²) in [4.78, 5) is 30.1. The normalized spacial score (nSPS) is 17.4. The number of likely N-dealkylation sites (tertiary alicyclic amines) is 1. The molecule has 0 saturated carbocycles. The average Bonchev–Trinajstić information content (AvgIpc) is 2.96. The molecule has 136 valence electrons. The molecule has 0 bridgehead atoms. The van der Waals surface area contributed by atoms with Crippen LogP contribution in [0.3, 0.4) is 0 Å². The zero-order chi connectivity index (χ0) is 18.7.